The van der Waals surface area contributed by atoms with E-state index < -0.39 is 0 Å². The summed E-state index contributed by atoms with van der Waals surface area (Å²) < 4.78 is 0. The van der Waals surface area contributed by atoms with Gasteiger partial charge in [0.25, 0.3) is 0 Å². The van der Waals surface area contributed by atoms with E-state index in [2.05, 4.69) is 24.0 Å². The van der Waals surface area contributed by atoms with Crippen LogP contribution in [0.4, 0.5) is 5.69 Å². The summed E-state index contributed by atoms with van der Waals surface area (Å²) in [5, 5.41) is 6.56. The van der Waals surface area contributed by atoms with Gasteiger partial charge in [-0.15, -0.1) is 0 Å². The Morgan fingerprint density at radius 1 is 1.50 bits per heavy atom. The molecule has 0 spiro atoms. The van der Waals surface area contributed by atoms with Gasteiger partial charge in [-0.3, -0.25) is 14.7 Å². The summed E-state index contributed by atoms with van der Waals surface area (Å²) in [5.74, 6) is -0.223. The van der Waals surface area contributed by atoms with E-state index >= 15 is 0 Å². The molecule has 0 radical (unpaired) electrons. The maximum Gasteiger partial charge on any atom is 0.228 e. The van der Waals surface area contributed by atoms with Gasteiger partial charge in [-0.25, -0.2) is 0 Å². The van der Waals surface area contributed by atoms with Crippen LogP contribution in [-0.2, 0) is 9.59 Å². The fraction of sp³-hybridized carbons (Fsp3) is 0.667. The minimum Gasteiger partial charge on any atom is -0.342 e. The van der Waals surface area contributed by atoms with Crippen LogP contribution in [0.1, 0.15) is 26.7 Å². The lowest BCUT2D eigenvalue weighted by atomic mass is 9.79. The van der Waals surface area contributed by atoms with E-state index in [0.29, 0.717) is 19.6 Å². The summed E-state index contributed by atoms with van der Waals surface area (Å²) in [4.78, 5) is 28.4. The number of piperidine rings is 1. The SMILES string of the molecule is CC1(C)CN(C(=O)C2CC(=O)N(c3cn[nH]c3)C2)CCC1N. The smallest absolute Gasteiger partial charge is 0.228 e. The van der Waals surface area contributed by atoms with Gasteiger partial charge in [0.1, 0.15) is 0 Å². The van der Waals surface area contributed by atoms with Crippen LogP contribution in [0.25, 0.3) is 0 Å². The standard InChI is InChI=1S/C15H23N5O2/c1-15(2)9-19(4-3-12(15)16)14(22)10-5-13(21)20(8-10)11-6-17-18-7-11/h6-7,10,12H,3-5,8-9,16H2,1-2H3,(H,17,18). The fourth-order valence-corrected chi connectivity index (χ4v) is 3.33. The number of carbonyl (C=O) groups excluding carboxylic acids is 2. The van der Waals surface area contributed by atoms with Gasteiger partial charge in [0.05, 0.1) is 17.8 Å². The highest BCUT2D eigenvalue weighted by molar-refractivity contribution is 6.00. The van der Waals surface area contributed by atoms with E-state index in [1.165, 1.54) is 0 Å². The molecule has 3 rings (SSSR count). The van der Waals surface area contributed by atoms with E-state index in [0.717, 1.165) is 12.1 Å². The van der Waals surface area contributed by atoms with Gasteiger partial charge in [-0.05, 0) is 11.8 Å². The minimum absolute atomic E-state index is 0.0206. The molecule has 1 aromatic heterocycles. The van der Waals surface area contributed by atoms with Crippen molar-refractivity contribution in [3.05, 3.63) is 12.4 Å². The molecule has 2 aliphatic heterocycles. The Kier molecular flexibility index (Phi) is 3.68. The summed E-state index contributed by atoms with van der Waals surface area (Å²) >= 11 is 0. The molecule has 7 nitrogen and oxygen atoms in total. The molecular weight excluding hydrogens is 282 g/mol. The molecule has 2 atom stereocenters. The third-order valence-electron chi connectivity index (χ3n) is 4.89. The molecule has 2 saturated heterocycles. The molecule has 7 heteroatoms. The van der Waals surface area contributed by atoms with Gasteiger partial charge in [0, 0.05) is 38.3 Å². The number of nitrogens with one attached hydrogen (secondary N) is 1. The average molecular weight is 305 g/mol. The molecule has 0 aromatic carbocycles. The lowest BCUT2D eigenvalue weighted by Crippen LogP contribution is -2.55. The third-order valence-corrected chi connectivity index (χ3v) is 4.89. The molecular formula is C15H23N5O2. The monoisotopic (exact) mass is 305 g/mol. The number of hydrogen-bond acceptors (Lipinski definition) is 4. The van der Waals surface area contributed by atoms with Crippen LogP contribution in [0.2, 0.25) is 0 Å². The third kappa shape index (κ3) is 2.61. The van der Waals surface area contributed by atoms with Gasteiger partial charge in [0.2, 0.25) is 11.8 Å². The van der Waals surface area contributed by atoms with Crippen molar-refractivity contribution in [1.29, 1.82) is 0 Å². The van der Waals surface area contributed by atoms with E-state index in [9.17, 15) is 9.59 Å². The van der Waals surface area contributed by atoms with Crippen LogP contribution in [0, 0.1) is 11.3 Å². The summed E-state index contributed by atoms with van der Waals surface area (Å²) in [6, 6.07) is 0.115. The maximum atomic E-state index is 12.7. The van der Waals surface area contributed by atoms with Gasteiger partial charge < -0.3 is 15.5 Å². The number of aromatic nitrogens is 2. The van der Waals surface area contributed by atoms with Crippen LogP contribution < -0.4 is 10.6 Å². The number of H-pyrrole nitrogens is 1. The lowest BCUT2D eigenvalue weighted by molar-refractivity contribution is -0.139. The second-order valence-electron chi connectivity index (χ2n) is 7.01. The maximum absolute atomic E-state index is 12.7. The lowest BCUT2D eigenvalue weighted by Gasteiger charge is -2.43. The van der Waals surface area contributed by atoms with Crippen molar-refractivity contribution in [1.82, 2.24) is 15.1 Å². The number of nitrogens with zero attached hydrogens (tertiary/aromatic N) is 3. The number of hydrogen-bond donors (Lipinski definition) is 2. The largest absolute Gasteiger partial charge is 0.342 e. The van der Waals surface area contributed by atoms with Crippen LogP contribution in [-0.4, -0.2) is 52.6 Å². The zero-order chi connectivity index (χ0) is 15.9. The molecule has 0 bridgehead atoms. The van der Waals surface area contributed by atoms with Crippen LogP contribution in [0.15, 0.2) is 12.4 Å². The predicted molar refractivity (Wildman–Crippen MR) is 82.0 cm³/mol. The number of nitrogens with two attached hydrogens (primary N) is 1. The number of aromatic amines is 1. The first-order chi connectivity index (χ1) is 10.4. The first-order valence-corrected chi connectivity index (χ1v) is 7.72. The summed E-state index contributed by atoms with van der Waals surface area (Å²) in [7, 11) is 0. The Labute approximate surface area is 129 Å². The van der Waals surface area contributed by atoms with Crippen LogP contribution in [0.5, 0.6) is 0 Å². The second-order valence-corrected chi connectivity index (χ2v) is 7.01. The van der Waals surface area contributed by atoms with Crippen molar-refractivity contribution in [2.45, 2.75) is 32.7 Å². The van der Waals surface area contributed by atoms with Gasteiger partial charge >= 0.3 is 0 Å². The van der Waals surface area contributed by atoms with Crippen molar-refractivity contribution in [3.63, 3.8) is 0 Å². The molecule has 22 heavy (non-hydrogen) atoms. The van der Waals surface area contributed by atoms with Crippen LogP contribution in [0.3, 0.4) is 0 Å². The van der Waals surface area contributed by atoms with Gasteiger partial charge in [0.15, 0.2) is 0 Å². The Hall–Kier alpha value is -1.89. The number of amides is 2. The molecule has 2 fully saturated rings. The van der Waals surface area contributed by atoms with E-state index in [1.807, 2.05) is 4.90 Å². The van der Waals surface area contributed by atoms with Gasteiger partial charge in [-0.2, -0.15) is 5.10 Å². The number of carbonyl (C=O) groups is 2. The first kappa shape index (κ1) is 15.0. The highest BCUT2D eigenvalue weighted by Crippen LogP contribution is 2.31. The molecule has 2 aliphatic rings. The van der Waals surface area contributed by atoms with Crippen molar-refractivity contribution in [2.75, 3.05) is 24.5 Å². The Morgan fingerprint density at radius 2 is 2.27 bits per heavy atom. The summed E-state index contributed by atoms with van der Waals surface area (Å²) in [6.45, 7) is 5.95. The molecule has 2 amide bonds. The van der Waals surface area contributed by atoms with E-state index in [-0.39, 0.29) is 35.6 Å². The highest BCUT2D eigenvalue weighted by atomic mass is 16.2. The Balaban J connectivity index is 1.68. The fourth-order valence-electron chi connectivity index (χ4n) is 3.33. The van der Waals surface area contributed by atoms with E-state index in [1.54, 1.807) is 17.3 Å². The quantitative estimate of drug-likeness (QED) is 0.824. The topological polar surface area (TPSA) is 95.3 Å². The normalized spacial score (nSPS) is 28.2. The molecule has 0 aliphatic carbocycles. The van der Waals surface area contributed by atoms with Crippen LogP contribution >= 0.6 is 0 Å². The van der Waals surface area contributed by atoms with Crippen molar-refractivity contribution in [3.8, 4) is 0 Å². The molecule has 0 saturated carbocycles. The molecule has 120 valence electrons. The van der Waals surface area contributed by atoms with Crippen molar-refractivity contribution in [2.24, 2.45) is 17.1 Å². The second kappa shape index (κ2) is 5.39. The highest BCUT2D eigenvalue weighted by Gasteiger charge is 2.41. The zero-order valence-corrected chi connectivity index (χ0v) is 13.1. The molecule has 2 unspecified atom stereocenters. The number of rotatable bonds is 2. The first-order valence-electron chi connectivity index (χ1n) is 7.72. The zero-order valence-electron chi connectivity index (χ0n) is 13.1. The van der Waals surface area contributed by atoms with E-state index in [4.69, 9.17) is 5.73 Å². The average Bonchev–Trinajstić information content (AvgIpc) is 3.10. The summed E-state index contributed by atoms with van der Waals surface area (Å²) in [6.07, 6.45) is 4.36. The molecule has 1 aromatic rings. The van der Waals surface area contributed by atoms with Crippen molar-refractivity contribution >= 4 is 17.5 Å². The van der Waals surface area contributed by atoms with Crippen molar-refractivity contribution < 1.29 is 9.59 Å². The molecule has 3 heterocycles. The van der Waals surface area contributed by atoms with Gasteiger partial charge in [-0.1, -0.05) is 13.8 Å². The predicted octanol–water partition coefficient (Wildman–Crippen LogP) is 0.348. The number of anilines is 1. The minimum atomic E-state index is -0.271. The molecule has 3 N–H and O–H groups in total. The number of likely N-dealkylation sites (tertiary alicyclic amines) is 1. The Bertz CT molecular complexity index is 568. The Morgan fingerprint density at radius 3 is 2.91 bits per heavy atom. The summed E-state index contributed by atoms with van der Waals surface area (Å²) in [5.41, 5.74) is 6.77.